The van der Waals surface area contributed by atoms with Gasteiger partial charge in [-0.3, -0.25) is 0 Å². The predicted molar refractivity (Wildman–Crippen MR) is 116 cm³/mol. The minimum atomic E-state index is -1.11. The van der Waals surface area contributed by atoms with E-state index in [1.54, 1.807) is 0 Å². The molecule has 0 radical (unpaired) electrons. The average Bonchev–Trinajstić information content (AvgIpc) is 2.78. The van der Waals surface area contributed by atoms with Gasteiger partial charge in [0.05, 0.1) is 0 Å². The van der Waals surface area contributed by atoms with Gasteiger partial charge in [-0.25, -0.2) is 0 Å². The van der Waals surface area contributed by atoms with Crippen LogP contribution >= 0.6 is 0 Å². The van der Waals surface area contributed by atoms with E-state index in [1.165, 1.54) is 0 Å². The van der Waals surface area contributed by atoms with Crippen LogP contribution < -0.4 is 10.1 Å². The lowest BCUT2D eigenvalue weighted by atomic mass is 9.81. The van der Waals surface area contributed by atoms with Gasteiger partial charge in [0.2, 0.25) is 0 Å². The first-order chi connectivity index (χ1) is 14.1. The molecule has 3 rings (SSSR count). The second kappa shape index (κ2) is 10.2. The summed E-state index contributed by atoms with van der Waals surface area (Å²) in [6.07, 6.45) is -0.160. The van der Waals surface area contributed by atoms with E-state index in [9.17, 15) is 10.2 Å². The third-order valence-corrected chi connectivity index (χ3v) is 4.99. The van der Waals surface area contributed by atoms with Gasteiger partial charge >= 0.3 is 0 Å². The van der Waals surface area contributed by atoms with E-state index in [-0.39, 0.29) is 12.6 Å². The van der Waals surface area contributed by atoms with Crippen LogP contribution in [0.5, 0.6) is 5.75 Å². The van der Waals surface area contributed by atoms with E-state index < -0.39 is 11.7 Å². The number of aliphatic hydroxyl groups is 2. The minimum absolute atomic E-state index is 0.0215. The van der Waals surface area contributed by atoms with Crippen LogP contribution in [0, 0.1) is 0 Å². The van der Waals surface area contributed by atoms with Crippen LogP contribution in [0.1, 0.15) is 24.5 Å². The van der Waals surface area contributed by atoms with Gasteiger partial charge in [-0.2, -0.15) is 0 Å². The molecule has 3 aromatic carbocycles. The quantitative estimate of drug-likeness (QED) is 0.493. The van der Waals surface area contributed by atoms with Gasteiger partial charge in [0.25, 0.3) is 0 Å². The Kier molecular flexibility index (Phi) is 7.42. The van der Waals surface area contributed by atoms with Crippen LogP contribution in [0.2, 0.25) is 0 Å². The van der Waals surface area contributed by atoms with Gasteiger partial charge in [-0.1, -0.05) is 78.9 Å². The molecule has 4 nitrogen and oxygen atoms in total. The van der Waals surface area contributed by atoms with E-state index in [2.05, 4.69) is 5.32 Å². The first-order valence-electron chi connectivity index (χ1n) is 10.0. The lowest BCUT2D eigenvalue weighted by Gasteiger charge is -2.32. The second-order valence-electron chi connectivity index (χ2n) is 7.38. The molecule has 2 atom stereocenters. The Balaban J connectivity index is 1.59. The van der Waals surface area contributed by atoms with Crippen molar-refractivity contribution in [3.8, 4) is 5.75 Å². The molecular formula is C25H29NO3. The van der Waals surface area contributed by atoms with Crippen LogP contribution in [0.3, 0.4) is 0 Å². The van der Waals surface area contributed by atoms with Crippen molar-refractivity contribution in [3.63, 3.8) is 0 Å². The van der Waals surface area contributed by atoms with Crippen LogP contribution in [0.4, 0.5) is 0 Å². The van der Waals surface area contributed by atoms with Crippen molar-refractivity contribution in [3.05, 3.63) is 102 Å². The Bertz CT molecular complexity index is 800. The fraction of sp³-hybridized carbons (Fsp3) is 0.280. The maximum absolute atomic E-state index is 11.6. The van der Waals surface area contributed by atoms with E-state index >= 15 is 0 Å². The molecule has 0 heterocycles. The number of aliphatic hydroxyl groups excluding tert-OH is 1. The highest BCUT2D eigenvalue weighted by Gasteiger charge is 2.33. The number of hydrogen-bond acceptors (Lipinski definition) is 4. The SMILES string of the molecule is CC(CC(O)(c1ccccc1)c1ccccc1)NC[C@H](O)COc1ccccc1. The standard InChI is InChI=1S/C25H29NO3/c1-20(26-18-23(27)19-29-24-15-9-4-10-16-24)17-25(28,21-11-5-2-6-12-21)22-13-7-3-8-14-22/h2-16,20,23,26-28H,17-19H2,1H3/t20?,23-/m0/s1. The van der Waals surface area contributed by atoms with Crippen molar-refractivity contribution in [2.45, 2.75) is 31.1 Å². The molecule has 0 spiro atoms. The maximum Gasteiger partial charge on any atom is 0.119 e. The van der Waals surface area contributed by atoms with Crippen LogP contribution in [0.25, 0.3) is 0 Å². The number of rotatable bonds is 10. The molecule has 4 heteroatoms. The van der Waals surface area contributed by atoms with Gasteiger partial charge in [0, 0.05) is 12.6 Å². The smallest absolute Gasteiger partial charge is 0.119 e. The molecule has 0 aliphatic rings. The van der Waals surface area contributed by atoms with E-state index in [0.717, 1.165) is 16.9 Å². The summed E-state index contributed by atoms with van der Waals surface area (Å²) in [6, 6.07) is 28.8. The fourth-order valence-corrected chi connectivity index (χ4v) is 3.45. The van der Waals surface area contributed by atoms with Crippen molar-refractivity contribution in [2.75, 3.05) is 13.2 Å². The molecule has 0 aromatic heterocycles. The Morgan fingerprint density at radius 2 is 1.31 bits per heavy atom. The predicted octanol–water partition coefficient (Wildman–Crippen LogP) is 3.73. The fourth-order valence-electron chi connectivity index (χ4n) is 3.45. The first-order valence-corrected chi connectivity index (χ1v) is 10.0. The molecule has 0 aliphatic heterocycles. The zero-order chi connectivity index (χ0) is 20.5. The van der Waals surface area contributed by atoms with Crippen LogP contribution in [0.15, 0.2) is 91.0 Å². The zero-order valence-corrected chi connectivity index (χ0v) is 16.7. The Morgan fingerprint density at radius 3 is 1.83 bits per heavy atom. The summed E-state index contributed by atoms with van der Waals surface area (Å²) >= 11 is 0. The number of hydrogen-bond donors (Lipinski definition) is 3. The summed E-state index contributed by atoms with van der Waals surface area (Å²) in [7, 11) is 0. The van der Waals surface area contributed by atoms with Crippen LogP contribution in [-0.4, -0.2) is 35.5 Å². The normalized spacial score (nSPS) is 13.6. The molecule has 3 aromatic rings. The molecule has 1 unspecified atom stereocenters. The van der Waals surface area contributed by atoms with Gasteiger partial charge in [0.15, 0.2) is 0 Å². The Morgan fingerprint density at radius 1 is 0.828 bits per heavy atom. The summed E-state index contributed by atoms with van der Waals surface area (Å²) in [5, 5.41) is 25.2. The molecule has 0 saturated heterocycles. The lowest BCUT2D eigenvalue weighted by molar-refractivity contribution is 0.0558. The van der Waals surface area contributed by atoms with Crippen molar-refractivity contribution < 1.29 is 14.9 Å². The summed E-state index contributed by atoms with van der Waals surface area (Å²) < 4.78 is 5.60. The Hall–Kier alpha value is -2.66. The van der Waals surface area contributed by atoms with E-state index in [1.807, 2.05) is 97.9 Å². The van der Waals surface area contributed by atoms with Crippen molar-refractivity contribution in [1.82, 2.24) is 5.32 Å². The molecule has 0 aliphatic carbocycles. The molecule has 3 N–H and O–H groups in total. The molecule has 29 heavy (non-hydrogen) atoms. The van der Waals surface area contributed by atoms with Gasteiger partial charge in [0.1, 0.15) is 24.1 Å². The van der Waals surface area contributed by atoms with E-state index in [0.29, 0.717) is 13.0 Å². The number of ether oxygens (including phenoxy) is 1. The maximum atomic E-state index is 11.6. The summed E-state index contributed by atoms with van der Waals surface area (Å²) in [4.78, 5) is 0. The second-order valence-corrected chi connectivity index (χ2v) is 7.38. The highest BCUT2D eigenvalue weighted by Crippen LogP contribution is 2.34. The molecule has 0 fully saturated rings. The van der Waals surface area contributed by atoms with Gasteiger partial charge in [-0.15, -0.1) is 0 Å². The number of nitrogens with one attached hydrogen (secondary N) is 1. The summed E-state index contributed by atoms with van der Waals surface area (Å²) in [6.45, 7) is 2.61. The van der Waals surface area contributed by atoms with Crippen molar-refractivity contribution >= 4 is 0 Å². The van der Waals surface area contributed by atoms with Gasteiger partial charge in [-0.05, 0) is 36.6 Å². The Labute approximate surface area is 172 Å². The lowest BCUT2D eigenvalue weighted by Crippen LogP contribution is -2.41. The van der Waals surface area contributed by atoms with Crippen molar-refractivity contribution in [1.29, 1.82) is 0 Å². The molecule has 0 bridgehead atoms. The third-order valence-electron chi connectivity index (χ3n) is 4.99. The zero-order valence-electron chi connectivity index (χ0n) is 16.7. The molecule has 152 valence electrons. The van der Waals surface area contributed by atoms with E-state index in [4.69, 9.17) is 4.74 Å². The van der Waals surface area contributed by atoms with Crippen LogP contribution in [-0.2, 0) is 5.60 Å². The summed E-state index contributed by atoms with van der Waals surface area (Å²) in [5.74, 6) is 0.738. The number of para-hydroxylation sites is 1. The minimum Gasteiger partial charge on any atom is -0.491 e. The van der Waals surface area contributed by atoms with Crippen molar-refractivity contribution in [2.24, 2.45) is 0 Å². The molecular weight excluding hydrogens is 362 g/mol. The highest BCUT2D eigenvalue weighted by molar-refractivity contribution is 5.36. The molecule has 0 amide bonds. The average molecular weight is 392 g/mol. The largest absolute Gasteiger partial charge is 0.491 e. The first kappa shape index (κ1) is 21.1. The highest BCUT2D eigenvalue weighted by atomic mass is 16.5. The number of benzene rings is 3. The summed E-state index contributed by atoms with van der Waals surface area (Å²) in [5.41, 5.74) is 0.598. The monoisotopic (exact) mass is 391 g/mol. The van der Waals surface area contributed by atoms with Gasteiger partial charge < -0.3 is 20.3 Å². The molecule has 0 saturated carbocycles. The third kappa shape index (κ3) is 5.91. The topological polar surface area (TPSA) is 61.7 Å².